The number of benzene rings is 1. The van der Waals surface area contributed by atoms with Crippen LogP contribution in [0.25, 0.3) is 16.5 Å². The second-order valence-corrected chi connectivity index (χ2v) is 4.52. The van der Waals surface area contributed by atoms with Gasteiger partial charge in [-0.3, -0.25) is 4.79 Å². The van der Waals surface area contributed by atoms with E-state index in [9.17, 15) is 18.0 Å². The van der Waals surface area contributed by atoms with Gasteiger partial charge in [0.1, 0.15) is 0 Å². The molecule has 1 aromatic heterocycles. The van der Waals surface area contributed by atoms with Gasteiger partial charge in [-0.05, 0) is 31.6 Å². The van der Waals surface area contributed by atoms with Crippen LogP contribution in [0.5, 0.6) is 0 Å². The molecule has 0 radical (unpaired) electrons. The third kappa shape index (κ3) is 4.12. The molecule has 2 rings (SSSR count). The molecule has 0 aliphatic heterocycles. The Kier molecular flexibility index (Phi) is 6.37. The van der Waals surface area contributed by atoms with Crippen LogP contribution in [0.15, 0.2) is 47.3 Å². The number of H-pyrrole nitrogens is 1. The van der Waals surface area contributed by atoms with E-state index in [1.54, 1.807) is 32.1 Å². The molecule has 0 atom stereocenters. The lowest BCUT2D eigenvalue weighted by molar-refractivity contribution is -0.136. The van der Waals surface area contributed by atoms with Crippen molar-refractivity contribution in [1.29, 1.82) is 0 Å². The number of hydrogen-bond acceptors (Lipinski definition) is 1. The minimum Gasteiger partial charge on any atom is -0.354 e. The number of aromatic amines is 1. The van der Waals surface area contributed by atoms with Gasteiger partial charge >= 0.3 is 6.18 Å². The highest BCUT2D eigenvalue weighted by Crippen LogP contribution is 2.33. The Hall–Kier alpha value is -2.30. The molecule has 0 saturated carbocycles. The molecule has 124 valence electrons. The van der Waals surface area contributed by atoms with Crippen LogP contribution in [0.1, 0.15) is 39.0 Å². The summed E-state index contributed by atoms with van der Waals surface area (Å²) in [6.45, 7) is 7.55. The lowest BCUT2D eigenvalue weighted by atomic mass is 10.1. The van der Waals surface area contributed by atoms with E-state index in [-0.39, 0.29) is 10.9 Å². The molecule has 0 saturated heterocycles. The van der Waals surface area contributed by atoms with Crippen LogP contribution in [-0.2, 0) is 6.18 Å². The number of pyridine rings is 1. The maximum atomic E-state index is 13.1. The predicted molar refractivity (Wildman–Crippen MR) is 89.4 cm³/mol. The molecular weight excluding hydrogens is 303 g/mol. The Morgan fingerprint density at radius 3 is 2.35 bits per heavy atom. The first-order valence-electron chi connectivity index (χ1n) is 7.41. The fourth-order valence-corrected chi connectivity index (χ4v) is 2.18. The summed E-state index contributed by atoms with van der Waals surface area (Å²) < 4.78 is 39.2. The van der Waals surface area contributed by atoms with Gasteiger partial charge in [-0.15, -0.1) is 0 Å². The van der Waals surface area contributed by atoms with Crippen LogP contribution in [0, 0.1) is 0 Å². The molecule has 0 aliphatic carbocycles. The lowest BCUT2D eigenvalue weighted by Gasteiger charge is -2.12. The minimum absolute atomic E-state index is 0.0320. The van der Waals surface area contributed by atoms with Crippen LogP contribution in [0.4, 0.5) is 13.2 Å². The third-order valence-corrected chi connectivity index (χ3v) is 3.14. The number of alkyl halides is 3. The molecule has 1 heterocycles. The number of hydrogen-bond donors (Lipinski definition) is 1. The average Bonchev–Trinajstić information content (AvgIpc) is 2.53. The number of nitrogens with one attached hydrogen (secondary N) is 1. The molecular formula is C18H20F3NO. The molecule has 2 aromatic rings. The van der Waals surface area contributed by atoms with Gasteiger partial charge in [-0.2, -0.15) is 13.2 Å². The quantitative estimate of drug-likeness (QED) is 0.722. The molecule has 0 spiro atoms. The predicted octanol–water partition coefficient (Wildman–Crippen LogP) is 5.55. The normalized spacial score (nSPS) is 12.4. The fourth-order valence-electron chi connectivity index (χ4n) is 2.18. The zero-order valence-corrected chi connectivity index (χ0v) is 13.6. The van der Waals surface area contributed by atoms with Gasteiger partial charge in [-0.25, -0.2) is 0 Å². The molecule has 5 heteroatoms. The van der Waals surface area contributed by atoms with Crippen LogP contribution >= 0.6 is 0 Å². The third-order valence-electron chi connectivity index (χ3n) is 3.14. The lowest BCUT2D eigenvalue weighted by Crippen LogP contribution is -2.11. The summed E-state index contributed by atoms with van der Waals surface area (Å²) in [5, 5.41) is 0.0320. The molecule has 0 aliphatic rings. The number of halogens is 3. The fraction of sp³-hybridized carbons (Fsp3) is 0.278. The maximum Gasteiger partial charge on any atom is 0.418 e. The second-order valence-electron chi connectivity index (χ2n) is 4.52. The molecule has 23 heavy (non-hydrogen) atoms. The van der Waals surface area contributed by atoms with Crippen LogP contribution in [0.2, 0.25) is 0 Å². The zero-order chi connectivity index (χ0) is 17.6. The van der Waals surface area contributed by atoms with Crippen molar-refractivity contribution in [2.75, 3.05) is 0 Å². The van der Waals surface area contributed by atoms with E-state index in [0.717, 1.165) is 6.07 Å². The van der Waals surface area contributed by atoms with E-state index < -0.39 is 17.2 Å². The first kappa shape index (κ1) is 18.7. The van der Waals surface area contributed by atoms with Gasteiger partial charge in [0, 0.05) is 17.1 Å². The van der Waals surface area contributed by atoms with Crippen molar-refractivity contribution in [1.82, 2.24) is 4.98 Å². The Morgan fingerprint density at radius 1 is 1.17 bits per heavy atom. The topological polar surface area (TPSA) is 32.9 Å². The molecule has 2 nitrogen and oxygen atoms in total. The number of allylic oxidation sites excluding steroid dienone is 4. The van der Waals surface area contributed by atoms with Gasteiger partial charge in [-0.1, -0.05) is 38.1 Å². The van der Waals surface area contributed by atoms with Crippen LogP contribution in [-0.4, -0.2) is 4.98 Å². The van der Waals surface area contributed by atoms with Crippen molar-refractivity contribution in [3.63, 3.8) is 0 Å². The molecule has 0 bridgehead atoms. The largest absolute Gasteiger partial charge is 0.418 e. The first-order valence-corrected chi connectivity index (χ1v) is 7.41. The highest BCUT2D eigenvalue weighted by molar-refractivity contribution is 5.85. The van der Waals surface area contributed by atoms with Gasteiger partial charge in [0.2, 0.25) is 0 Å². The number of rotatable bonds is 2. The van der Waals surface area contributed by atoms with Gasteiger partial charge in [0.15, 0.2) is 5.43 Å². The maximum absolute atomic E-state index is 13.1. The van der Waals surface area contributed by atoms with E-state index in [0.29, 0.717) is 11.3 Å². The van der Waals surface area contributed by atoms with Gasteiger partial charge in [0.25, 0.3) is 0 Å². The van der Waals surface area contributed by atoms with E-state index in [1.165, 1.54) is 18.2 Å². The van der Waals surface area contributed by atoms with E-state index in [4.69, 9.17) is 0 Å². The van der Waals surface area contributed by atoms with Crippen LogP contribution < -0.4 is 5.43 Å². The number of aromatic nitrogens is 1. The van der Waals surface area contributed by atoms with Gasteiger partial charge in [0.05, 0.1) is 11.1 Å². The second kappa shape index (κ2) is 7.81. The van der Waals surface area contributed by atoms with E-state index in [1.807, 2.05) is 13.8 Å². The smallest absolute Gasteiger partial charge is 0.354 e. The summed E-state index contributed by atoms with van der Waals surface area (Å²) in [6, 6.07) is 4.91. The Labute approximate surface area is 133 Å². The number of fused-ring (bicyclic) bond motifs is 1. The van der Waals surface area contributed by atoms with Crippen LogP contribution in [0.3, 0.4) is 0 Å². The molecule has 0 fully saturated rings. The summed E-state index contributed by atoms with van der Waals surface area (Å²) in [4.78, 5) is 14.8. The Morgan fingerprint density at radius 2 is 1.83 bits per heavy atom. The standard InChI is InChI=1S/C16H14F3NO.C2H6/c1-3-6-10(4-2)13-9-14(21)11-7-5-8-12(15(11)20-13)16(17,18)19;1-2/h3-9H,1-2H3,(H,20,21);1-2H3/b6-3-,10-4+;. The van der Waals surface area contributed by atoms with Crippen molar-refractivity contribution in [2.24, 2.45) is 0 Å². The Balaban J connectivity index is 0.00000127. The monoisotopic (exact) mass is 323 g/mol. The summed E-state index contributed by atoms with van der Waals surface area (Å²) in [5.41, 5.74) is -0.432. The molecule has 1 aromatic carbocycles. The van der Waals surface area contributed by atoms with Crippen molar-refractivity contribution in [3.05, 3.63) is 64.0 Å². The van der Waals surface area contributed by atoms with Gasteiger partial charge < -0.3 is 4.98 Å². The van der Waals surface area contributed by atoms with Crippen molar-refractivity contribution in [2.45, 2.75) is 33.9 Å². The number of para-hydroxylation sites is 1. The van der Waals surface area contributed by atoms with Crippen molar-refractivity contribution in [3.8, 4) is 0 Å². The molecule has 0 amide bonds. The Bertz CT molecular complexity index is 783. The van der Waals surface area contributed by atoms with Crippen molar-refractivity contribution < 1.29 is 13.2 Å². The van der Waals surface area contributed by atoms with E-state index >= 15 is 0 Å². The summed E-state index contributed by atoms with van der Waals surface area (Å²) in [5.74, 6) is 0. The SMILES string of the molecule is C/C=C\C(=C/C)c1cc(=O)c2cccc(C(F)(F)F)c2[nH]1.CC. The highest BCUT2D eigenvalue weighted by atomic mass is 19.4. The average molecular weight is 323 g/mol. The summed E-state index contributed by atoms with van der Waals surface area (Å²) in [7, 11) is 0. The van der Waals surface area contributed by atoms with E-state index in [2.05, 4.69) is 4.98 Å². The first-order chi connectivity index (χ1) is 10.9. The summed E-state index contributed by atoms with van der Waals surface area (Å²) in [6.07, 6.45) is 0.700. The minimum atomic E-state index is -4.52. The highest BCUT2D eigenvalue weighted by Gasteiger charge is 2.33. The molecule has 1 N–H and O–H groups in total. The zero-order valence-electron chi connectivity index (χ0n) is 13.6. The summed E-state index contributed by atoms with van der Waals surface area (Å²) >= 11 is 0. The molecule has 0 unspecified atom stereocenters. The van der Waals surface area contributed by atoms with Crippen molar-refractivity contribution >= 4 is 16.5 Å².